The summed E-state index contributed by atoms with van der Waals surface area (Å²) in [6, 6.07) is 8.90. The molecule has 0 amide bonds. The fourth-order valence-electron chi connectivity index (χ4n) is 4.32. The minimum Gasteiger partial charge on any atom is -0.479 e. The predicted molar refractivity (Wildman–Crippen MR) is 122 cm³/mol. The molecule has 0 unspecified atom stereocenters. The Morgan fingerprint density at radius 1 is 1.19 bits per heavy atom. The second-order valence-electron chi connectivity index (χ2n) is 8.51. The van der Waals surface area contributed by atoms with Crippen LogP contribution in [0.3, 0.4) is 0 Å². The van der Waals surface area contributed by atoms with E-state index in [2.05, 4.69) is 19.9 Å². The maximum atomic E-state index is 12.5. The summed E-state index contributed by atoms with van der Waals surface area (Å²) in [6.45, 7) is 1.29. The van der Waals surface area contributed by atoms with Crippen molar-refractivity contribution in [1.29, 1.82) is 0 Å². The number of nitrogens with zero attached hydrogens (tertiary/aromatic N) is 5. The molecule has 13 heteroatoms. The quantitative estimate of drug-likeness (QED) is 0.265. The van der Waals surface area contributed by atoms with Gasteiger partial charge in [0.1, 0.15) is 41.6 Å². The molecule has 5 rings (SSSR count). The van der Waals surface area contributed by atoms with Crippen LogP contribution >= 0.6 is 0 Å². The van der Waals surface area contributed by atoms with Crippen molar-refractivity contribution in [1.82, 2.24) is 24.5 Å². The van der Waals surface area contributed by atoms with Crippen LogP contribution in [0, 0.1) is 6.92 Å². The SMILES string of the molecule is Cc1nc(N)c2ncn([C@@H]3O[C@H](CO[C@](Cc4ccccc4)(C(=O)O)c4cocn4)[C@@H](O)[C@H]3O)c2n1. The van der Waals surface area contributed by atoms with Gasteiger partial charge in [0.2, 0.25) is 5.60 Å². The van der Waals surface area contributed by atoms with Crippen LogP contribution in [-0.2, 0) is 26.3 Å². The van der Waals surface area contributed by atoms with Gasteiger partial charge in [-0.25, -0.2) is 24.7 Å². The summed E-state index contributed by atoms with van der Waals surface area (Å²) in [6.07, 6.45) is -1.30. The molecule has 0 aliphatic carbocycles. The molecule has 1 aliphatic heterocycles. The number of ether oxygens (including phenoxy) is 2. The van der Waals surface area contributed by atoms with Crippen molar-refractivity contribution < 1.29 is 34.0 Å². The van der Waals surface area contributed by atoms with Gasteiger partial charge in [0.25, 0.3) is 0 Å². The summed E-state index contributed by atoms with van der Waals surface area (Å²) >= 11 is 0. The zero-order valence-corrected chi connectivity index (χ0v) is 19.1. The number of carboxylic acid groups (broad SMARTS) is 1. The first-order valence-electron chi connectivity index (χ1n) is 11.1. The molecule has 4 heterocycles. The highest BCUT2D eigenvalue weighted by Gasteiger charge is 2.49. The standard InChI is InChI=1S/C23H24N6O7/c1-12-27-19(24)16-20(28-12)29(10-25-16)21-18(31)17(30)14(36-21)8-35-23(22(32)33,15-9-34-11-26-15)7-13-5-3-2-4-6-13/h2-6,9-11,14,17-18,21,30-31H,7-8H2,1H3,(H,32,33)(H2,24,27,28)/t14-,17-,18-,21-,23+/m1/s1. The molecule has 0 saturated carbocycles. The van der Waals surface area contributed by atoms with E-state index in [0.29, 0.717) is 22.6 Å². The summed E-state index contributed by atoms with van der Waals surface area (Å²) in [5.41, 5.74) is 5.37. The molecule has 5 atom stereocenters. The van der Waals surface area contributed by atoms with Crippen LogP contribution in [0.25, 0.3) is 11.2 Å². The first-order chi connectivity index (χ1) is 17.3. The number of imidazole rings is 1. The van der Waals surface area contributed by atoms with E-state index in [1.165, 1.54) is 17.2 Å². The third kappa shape index (κ3) is 4.07. The third-order valence-electron chi connectivity index (χ3n) is 6.15. The summed E-state index contributed by atoms with van der Waals surface area (Å²) in [4.78, 5) is 29.2. The summed E-state index contributed by atoms with van der Waals surface area (Å²) in [5, 5.41) is 31.7. The number of aliphatic carboxylic acids is 1. The Balaban J connectivity index is 1.42. The number of carboxylic acids is 1. The van der Waals surface area contributed by atoms with Crippen LogP contribution in [0.5, 0.6) is 0 Å². The number of carbonyl (C=O) groups is 1. The Morgan fingerprint density at radius 2 is 1.97 bits per heavy atom. The fraction of sp³-hybridized carbons (Fsp3) is 0.348. The molecule has 3 aromatic heterocycles. The van der Waals surface area contributed by atoms with E-state index in [4.69, 9.17) is 19.6 Å². The third-order valence-corrected chi connectivity index (χ3v) is 6.15. The Hall–Kier alpha value is -3.91. The molecule has 188 valence electrons. The Labute approximate surface area is 204 Å². The number of hydrogen-bond acceptors (Lipinski definition) is 11. The predicted octanol–water partition coefficient (Wildman–Crippen LogP) is 0.564. The van der Waals surface area contributed by atoms with Crippen molar-refractivity contribution >= 4 is 23.0 Å². The molecule has 1 aliphatic rings. The maximum absolute atomic E-state index is 12.5. The molecule has 4 aromatic rings. The smallest absolute Gasteiger partial charge is 0.342 e. The van der Waals surface area contributed by atoms with Crippen molar-refractivity contribution in [3.63, 3.8) is 0 Å². The van der Waals surface area contributed by atoms with E-state index in [1.807, 2.05) is 6.07 Å². The van der Waals surface area contributed by atoms with Gasteiger partial charge in [-0.05, 0) is 12.5 Å². The number of hydrogen-bond donors (Lipinski definition) is 4. The lowest BCUT2D eigenvalue weighted by Gasteiger charge is -2.29. The number of aromatic nitrogens is 5. The summed E-state index contributed by atoms with van der Waals surface area (Å²) < 4.78 is 18.3. The first-order valence-corrected chi connectivity index (χ1v) is 11.1. The van der Waals surface area contributed by atoms with Crippen LogP contribution < -0.4 is 5.73 Å². The van der Waals surface area contributed by atoms with Crippen molar-refractivity contribution in [2.75, 3.05) is 12.3 Å². The Morgan fingerprint density at radius 3 is 2.67 bits per heavy atom. The molecule has 0 spiro atoms. The van der Waals surface area contributed by atoms with Crippen LogP contribution in [0.15, 0.2) is 53.7 Å². The van der Waals surface area contributed by atoms with Gasteiger partial charge in [-0.3, -0.25) is 4.57 Å². The van der Waals surface area contributed by atoms with Gasteiger partial charge in [0, 0.05) is 6.42 Å². The second-order valence-corrected chi connectivity index (χ2v) is 8.51. The van der Waals surface area contributed by atoms with Crippen molar-refractivity contribution in [3.8, 4) is 0 Å². The number of nitrogens with two attached hydrogens (primary N) is 1. The lowest BCUT2D eigenvalue weighted by Crippen LogP contribution is -2.44. The summed E-state index contributed by atoms with van der Waals surface area (Å²) in [7, 11) is 0. The zero-order valence-electron chi connectivity index (χ0n) is 19.1. The maximum Gasteiger partial charge on any atom is 0.342 e. The molecule has 1 fully saturated rings. The van der Waals surface area contributed by atoms with Gasteiger partial charge in [0.15, 0.2) is 24.1 Å². The van der Waals surface area contributed by atoms with Gasteiger partial charge in [-0.15, -0.1) is 0 Å². The highest BCUT2D eigenvalue weighted by Crippen LogP contribution is 2.35. The van der Waals surface area contributed by atoms with E-state index in [1.54, 1.807) is 31.2 Å². The van der Waals surface area contributed by atoms with Gasteiger partial charge < -0.3 is 34.9 Å². The lowest BCUT2D eigenvalue weighted by atomic mass is 9.91. The number of aliphatic hydroxyl groups excluding tert-OH is 2. The number of anilines is 1. The minimum atomic E-state index is -1.93. The van der Waals surface area contributed by atoms with Gasteiger partial charge >= 0.3 is 5.97 Å². The van der Waals surface area contributed by atoms with Crippen LogP contribution in [0.1, 0.15) is 23.3 Å². The van der Waals surface area contributed by atoms with Gasteiger partial charge in [-0.1, -0.05) is 30.3 Å². The van der Waals surface area contributed by atoms with Crippen LogP contribution in [0.2, 0.25) is 0 Å². The monoisotopic (exact) mass is 496 g/mol. The minimum absolute atomic E-state index is 0.0479. The Kier molecular flexibility index (Phi) is 6.14. The number of nitrogen functional groups attached to an aromatic ring is 1. The molecule has 0 bridgehead atoms. The highest BCUT2D eigenvalue weighted by molar-refractivity contribution is 5.81. The normalized spacial score (nSPS) is 23.6. The molecule has 1 saturated heterocycles. The molecule has 13 nitrogen and oxygen atoms in total. The molecule has 5 N–H and O–H groups in total. The van der Waals surface area contributed by atoms with Crippen molar-refractivity contribution in [2.24, 2.45) is 0 Å². The topological polar surface area (TPSA) is 192 Å². The lowest BCUT2D eigenvalue weighted by molar-refractivity contribution is -0.177. The Bertz CT molecular complexity index is 1360. The van der Waals surface area contributed by atoms with E-state index in [0.717, 1.165) is 6.39 Å². The number of aliphatic hydroxyl groups is 2. The molecular formula is C23H24N6O7. The van der Waals surface area contributed by atoms with E-state index >= 15 is 0 Å². The number of oxazole rings is 1. The van der Waals surface area contributed by atoms with Crippen molar-refractivity contribution in [3.05, 3.63) is 66.4 Å². The van der Waals surface area contributed by atoms with Gasteiger partial charge in [-0.2, -0.15) is 0 Å². The highest BCUT2D eigenvalue weighted by atomic mass is 16.6. The average Bonchev–Trinajstić information content (AvgIpc) is 3.59. The van der Waals surface area contributed by atoms with E-state index in [9.17, 15) is 20.1 Å². The molecule has 36 heavy (non-hydrogen) atoms. The number of benzene rings is 1. The largest absolute Gasteiger partial charge is 0.479 e. The molecule has 0 radical (unpaired) electrons. The fourth-order valence-corrected chi connectivity index (χ4v) is 4.32. The zero-order chi connectivity index (χ0) is 25.4. The number of rotatable bonds is 8. The van der Waals surface area contributed by atoms with E-state index < -0.39 is 36.1 Å². The summed E-state index contributed by atoms with van der Waals surface area (Å²) in [5.74, 6) is -0.730. The van der Waals surface area contributed by atoms with Gasteiger partial charge in [0.05, 0.1) is 12.9 Å². The second kappa shape index (κ2) is 9.28. The molecule has 1 aromatic carbocycles. The van der Waals surface area contributed by atoms with Crippen LogP contribution in [-0.4, -0.2) is 70.7 Å². The van der Waals surface area contributed by atoms with E-state index in [-0.39, 0.29) is 24.5 Å². The van der Waals surface area contributed by atoms with Crippen molar-refractivity contribution in [2.45, 2.75) is 43.5 Å². The van der Waals surface area contributed by atoms with Crippen LogP contribution in [0.4, 0.5) is 5.82 Å². The molecular weight excluding hydrogens is 472 g/mol. The average molecular weight is 496 g/mol. The first kappa shape index (κ1) is 23.8. The number of fused-ring (bicyclic) bond motifs is 1. The number of aryl methyl sites for hydroxylation is 1.